The number of tetrazole rings is 1. The molecule has 8 nitrogen and oxygen atoms in total. The van der Waals surface area contributed by atoms with E-state index < -0.39 is 0 Å². The molecule has 5 rings (SSSR count). The largest absolute Gasteiger partial charge is 0.318 e. The number of aromatic nitrogens is 6. The van der Waals surface area contributed by atoms with Crippen molar-refractivity contribution in [3.8, 4) is 11.3 Å². The molecule has 0 aliphatic carbocycles. The first-order valence-corrected chi connectivity index (χ1v) is 9.00. The summed E-state index contributed by atoms with van der Waals surface area (Å²) in [4.78, 5) is 12.5. The van der Waals surface area contributed by atoms with Crippen LogP contribution in [0.15, 0.2) is 63.9 Å². The number of H-pyrrole nitrogens is 1. The van der Waals surface area contributed by atoms with Gasteiger partial charge in [0.05, 0.1) is 5.69 Å². The van der Waals surface area contributed by atoms with Gasteiger partial charge in [-0.1, -0.05) is 63.5 Å². The van der Waals surface area contributed by atoms with Gasteiger partial charge < -0.3 is 5.32 Å². The molecule has 2 aromatic carbocycles. The average molecular weight is 422 g/mol. The molecule has 1 aliphatic rings. The lowest BCUT2D eigenvalue weighted by Gasteiger charge is -2.27. The standard InChI is InChI=1S/C18H12BrN7O/c19-12-8-6-10(7-9-12)14-13-15(17(27)22-21-14)20-18-23-24-25-26(18)16(13)11-4-2-1-3-5-11/h1-9,16H,(H,22,27)(H,20,23,25). The second kappa shape index (κ2) is 6.13. The summed E-state index contributed by atoms with van der Waals surface area (Å²) in [7, 11) is 0. The van der Waals surface area contributed by atoms with Crippen LogP contribution in [0.1, 0.15) is 17.2 Å². The van der Waals surface area contributed by atoms with E-state index >= 15 is 0 Å². The third kappa shape index (κ3) is 2.55. The topological polar surface area (TPSA) is 101 Å². The molecule has 1 atom stereocenters. The molecular formula is C18H12BrN7O. The van der Waals surface area contributed by atoms with Crippen LogP contribution in [-0.4, -0.2) is 30.4 Å². The highest BCUT2D eigenvalue weighted by Gasteiger charge is 2.34. The Morgan fingerprint density at radius 2 is 1.81 bits per heavy atom. The van der Waals surface area contributed by atoms with E-state index in [1.54, 1.807) is 4.68 Å². The lowest BCUT2D eigenvalue weighted by molar-refractivity contribution is 0.567. The van der Waals surface area contributed by atoms with E-state index in [1.807, 2.05) is 54.6 Å². The summed E-state index contributed by atoms with van der Waals surface area (Å²) < 4.78 is 2.63. The summed E-state index contributed by atoms with van der Waals surface area (Å²) in [5.74, 6) is 0.412. The van der Waals surface area contributed by atoms with E-state index in [2.05, 4.69) is 47.0 Å². The molecule has 0 amide bonds. The molecule has 0 saturated carbocycles. The fourth-order valence-corrected chi connectivity index (χ4v) is 3.57. The maximum atomic E-state index is 12.5. The molecule has 27 heavy (non-hydrogen) atoms. The van der Waals surface area contributed by atoms with Crippen LogP contribution in [0.3, 0.4) is 0 Å². The number of hydrogen-bond donors (Lipinski definition) is 2. The SMILES string of the molecule is O=c1[nH]nc(-c2ccc(Br)cc2)c2c1Nc1nnnn1C2c1ccccc1. The van der Waals surface area contributed by atoms with E-state index in [0.717, 1.165) is 21.2 Å². The minimum absolute atomic E-state index is 0.318. The molecule has 9 heteroatoms. The van der Waals surface area contributed by atoms with Gasteiger partial charge in [0.1, 0.15) is 11.7 Å². The fraction of sp³-hybridized carbons (Fsp3) is 0.0556. The van der Waals surface area contributed by atoms with Crippen LogP contribution in [0.4, 0.5) is 11.6 Å². The monoisotopic (exact) mass is 421 g/mol. The predicted molar refractivity (Wildman–Crippen MR) is 103 cm³/mol. The number of aromatic amines is 1. The van der Waals surface area contributed by atoms with Gasteiger partial charge in [-0.2, -0.15) is 9.78 Å². The molecule has 0 radical (unpaired) electrons. The van der Waals surface area contributed by atoms with Gasteiger partial charge in [0.2, 0.25) is 5.95 Å². The Bertz CT molecular complexity index is 1180. The van der Waals surface area contributed by atoms with Gasteiger partial charge in [-0.25, -0.2) is 5.10 Å². The van der Waals surface area contributed by atoms with Crippen LogP contribution < -0.4 is 10.9 Å². The Hall–Kier alpha value is -3.33. The van der Waals surface area contributed by atoms with E-state index in [-0.39, 0.29) is 11.6 Å². The zero-order valence-corrected chi connectivity index (χ0v) is 15.4. The molecular weight excluding hydrogens is 410 g/mol. The summed E-state index contributed by atoms with van der Waals surface area (Å²) in [5.41, 5.74) is 3.32. The molecule has 0 saturated heterocycles. The quantitative estimate of drug-likeness (QED) is 0.454. The molecule has 1 unspecified atom stereocenters. The summed E-state index contributed by atoms with van der Waals surface area (Å²) in [6, 6.07) is 17.2. The maximum Gasteiger partial charge on any atom is 0.288 e. The highest BCUT2D eigenvalue weighted by molar-refractivity contribution is 9.10. The fourth-order valence-electron chi connectivity index (χ4n) is 3.31. The third-order valence-electron chi connectivity index (χ3n) is 4.50. The number of nitrogens with zero attached hydrogens (tertiary/aromatic N) is 5. The Labute approximate surface area is 161 Å². The number of halogens is 1. The van der Waals surface area contributed by atoms with Crippen LogP contribution >= 0.6 is 15.9 Å². The van der Waals surface area contributed by atoms with Gasteiger partial charge in [-0.05, 0) is 28.1 Å². The predicted octanol–water partition coefficient (Wildman–Crippen LogP) is 2.88. The average Bonchev–Trinajstić information content (AvgIpc) is 3.17. The van der Waals surface area contributed by atoms with Crippen LogP contribution in [-0.2, 0) is 0 Å². The molecule has 0 fully saturated rings. The Kier molecular flexibility index (Phi) is 3.61. The lowest BCUT2D eigenvalue weighted by atomic mass is 9.92. The first kappa shape index (κ1) is 15.9. The zero-order chi connectivity index (χ0) is 18.4. The first-order chi connectivity index (χ1) is 13.2. The van der Waals surface area contributed by atoms with Crippen LogP contribution in [0, 0.1) is 0 Å². The summed E-state index contributed by atoms with van der Waals surface area (Å²) in [5, 5.41) is 21.9. The van der Waals surface area contributed by atoms with E-state index in [1.165, 1.54) is 0 Å². The van der Waals surface area contributed by atoms with Crippen molar-refractivity contribution < 1.29 is 0 Å². The Morgan fingerprint density at radius 3 is 2.59 bits per heavy atom. The van der Waals surface area contributed by atoms with Crippen molar-refractivity contribution in [2.24, 2.45) is 0 Å². The number of benzene rings is 2. The van der Waals surface area contributed by atoms with Gasteiger partial charge in [-0.15, -0.1) is 0 Å². The van der Waals surface area contributed by atoms with Crippen LogP contribution in [0.5, 0.6) is 0 Å². The van der Waals surface area contributed by atoms with Crippen molar-refractivity contribution in [2.75, 3.05) is 5.32 Å². The zero-order valence-electron chi connectivity index (χ0n) is 13.8. The molecule has 2 aromatic heterocycles. The lowest BCUT2D eigenvalue weighted by Crippen LogP contribution is -2.29. The van der Waals surface area contributed by atoms with E-state index in [9.17, 15) is 4.79 Å². The van der Waals surface area contributed by atoms with Crippen molar-refractivity contribution in [1.29, 1.82) is 0 Å². The van der Waals surface area contributed by atoms with E-state index in [0.29, 0.717) is 17.3 Å². The second-order valence-electron chi connectivity index (χ2n) is 6.08. The highest BCUT2D eigenvalue weighted by atomic mass is 79.9. The minimum atomic E-state index is -0.374. The number of fused-ring (bicyclic) bond motifs is 2. The van der Waals surface area contributed by atoms with Gasteiger partial charge in [0.15, 0.2) is 0 Å². The second-order valence-corrected chi connectivity index (χ2v) is 7.00. The van der Waals surface area contributed by atoms with Crippen molar-refractivity contribution in [2.45, 2.75) is 6.04 Å². The first-order valence-electron chi connectivity index (χ1n) is 8.21. The molecule has 0 spiro atoms. The van der Waals surface area contributed by atoms with Crippen molar-refractivity contribution in [1.82, 2.24) is 30.4 Å². The Balaban J connectivity index is 1.82. The number of rotatable bonds is 2. The molecule has 3 heterocycles. The Morgan fingerprint density at radius 1 is 1.04 bits per heavy atom. The summed E-state index contributed by atoms with van der Waals surface area (Å²) in [6.07, 6.45) is 0. The van der Waals surface area contributed by atoms with Crippen molar-refractivity contribution in [3.05, 3.63) is 80.6 Å². The highest BCUT2D eigenvalue weighted by Crippen LogP contribution is 2.40. The summed E-state index contributed by atoms with van der Waals surface area (Å²) >= 11 is 3.45. The normalized spacial score (nSPS) is 14.9. The van der Waals surface area contributed by atoms with Gasteiger partial charge in [0.25, 0.3) is 5.56 Å². The minimum Gasteiger partial charge on any atom is -0.318 e. The number of hydrogen-bond acceptors (Lipinski definition) is 6. The molecule has 2 N–H and O–H groups in total. The molecule has 132 valence electrons. The van der Waals surface area contributed by atoms with Gasteiger partial charge in [0, 0.05) is 15.6 Å². The van der Waals surface area contributed by atoms with Gasteiger partial charge >= 0.3 is 0 Å². The van der Waals surface area contributed by atoms with Crippen LogP contribution in [0.25, 0.3) is 11.3 Å². The molecule has 0 bridgehead atoms. The van der Waals surface area contributed by atoms with Crippen molar-refractivity contribution >= 4 is 27.6 Å². The maximum absolute atomic E-state index is 12.5. The summed E-state index contributed by atoms with van der Waals surface area (Å²) in [6.45, 7) is 0. The van der Waals surface area contributed by atoms with Crippen LogP contribution in [0.2, 0.25) is 0 Å². The van der Waals surface area contributed by atoms with Gasteiger partial charge in [-0.3, -0.25) is 4.79 Å². The van der Waals surface area contributed by atoms with E-state index in [4.69, 9.17) is 0 Å². The third-order valence-corrected chi connectivity index (χ3v) is 5.03. The smallest absolute Gasteiger partial charge is 0.288 e. The number of nitrogens with one attached hydrogen (secondary N) is 2. The van der Waals surface area contributed by atoms with Crippen molar-refractivity contribution in [3.63, 3.8) is 0 Å². The molecule has 1 aliphatic heterocycles. The molecule has 4 aromatic rings. The number of anilines is 2.